The maximum absolute atomic E-state index is 12.1. The number of alkyl halides is 3. The molecule has 1 heterocycles. The Morgan fingerprint density at radius 3 is 2.50 bits per heavy atom. The summed E-state index contributed by atoms with van der Waals surface area (Å²) in [5.74, 6) is -1.73. The van der Waals surface area contributed by atoms with Crippen molar-refractivity contribution in [2.24, 2.45) is 0 Å². The van der Waals surface area contributed by atoms with Crippen LogP contribution in [0.4, 0.5) is 13.2 Å². The average molecular weight is 234 g/mol. The van der Waals surface area contributed by atoms with E-state index in [0.29, 0.717) is 24.4 Å². The molecule has 0 aromatic carbocycles. The van der Waals surface area contributed by atoms with Gasteiger partial charge in [-0.25, -0.2) is 0 Å². The number of halogens is 3. The minimum atomic E-state index is -4.77. The molecular weight excluding hydrogens is 221 g/mol. The average Bonchev–Trinajstić information content (AvgIpc) is 2.59. The van der Waals surface area contributed by atoms with E-state index in [1.54, 1.807) is 13.0 Å². The first-order valence-electron chi connectivity index (χ1n) is 5.04. The molecule has 0 amide bonds. The van der Waals surface area contributed by atoms with E-state index in [2.05, 4.69) is 5.10 Å². The Balaban J connectivity index is 2.88. The molecular formula is C10H13F3N2O. The number of aromatic nitrogens is 2. The monoisotopic (exact) mass is 234 g/mol. The van der Waals surface area contributed by atoms with E-state index in [0.717, 1.165) is 0 Å². The van der Waals surface area contributed by atoms with Crippen LogP contribution in [0.25, 0.3) is 0 Å². The first-order chi connectivity index (χ1) is 7.38. The van der Waals surface area contributed by atoms with Crippen molar-refractivity contribution >= 4 is 5.78 Å². The number of hydrogen-bond donors (Lipinski definition) is 0. The zero-order valence-corrected chi connectivity index (χ0v) is 9.14. The molecule has 0 bridgehead atoms. The van der Waals surface area contributed by atoms with Gasteiger partial charge < -0.3 is 0 Å². The standard InChI is InChI=1S/C10H13F3N2O/c1-3-7-5-8(15(4-2)14-7)6-9(16)10(11,12)13/h5H,3-4,6H2,1-2H3. The number of carbonyl (C=O) groups is 1. The van der Waals surface area contributed by atoms with Gasteiger partial charge in [0.15, 0.2) is 0 Å². The molecule has 0 saturated carbocycles. The molecule has 0 aliphatic carbocycles. The first-order valence-corrected chi connectivity index (χ1v) is 5.04. The lowest BCUT2D eigenvalue weighted by Crippen LogP contribution is -2.25. The molecule has 0 unspecified atom stereocenters. The lowest BCUT2D eigenvalue weighted by atomic mass is 10.2. The molecule has 0 saturated heterocycles. The van der Waals surface area contributed by atoms with E-state index >= 15 is 0 Å². The molecule has 0 fully saturated rings. The number of Topliss-reactive ketones (excluding diaryl/α,β-unsaturated/α-hetero) is 1. The van der Waals surface area contributed by atoms with Crippen LogP contribution < -0.4 is 0 Å². The molecule has 3 nitrogen and oxygen atoms in total. The molecule has 0 N–H and O–H groups in total. The van der Waals surface area contributed by atoms with E-state index in [-0.39, 0.29) is 0 Å². The molecule has 16 heavy (non-hydrogen) atoms. The van der Waals surface area contributed by atoms with Crippen LogP contribution in [-0.4, -0.2) is 21.7 Å². The van der Waals surface area contributed by atoms with Crippen molar-refractivity contribution in [3.8, 4) is 0 Å². The van der Waals surface area contributed by atoms with E-state index in [1.807, 2.05) is 6.92 Å². The van der Waals surface area contributed by atoms with Crippen molar-refractivity contribution < 1.29 is 18.0 Å². The SMILES string of the molecule is CCc1cc(CC(=O)C(F)(F)F)n(CC)n1. The lowest BCUT2D eigenvalue weighted by Gasteiger charge is -2.06. The third-order valence-electron chi connectivity index (χ3n) is 2.23. The zero-order valence-electron chi connectivity index (χ0n) is 9.14. The number of rotatable bonds is 4. The van der Waals surface area contributed by atoms with Gasteiger partial charge in [0.2, 0.25) is 5.78 Å². The second-order valence-corrected chi connectivity index (χ2v) is 3.39. The Kier molecular flexibility index (Phi) is 3.72. The van der Waals surface area contributed by atoms with Crippen molar-refractivity contribution in [2.45, 2.75) is 39.4 Å². The van der Waals surface area contributed by atoms with Gasteiger partial charge in [-0.1, -0.05) is 6.92 Å². The van der Waals surface area contributed by atoms with Crippen molar-refractivity contribution in [2.75, 3.05) is 0 Å². The zero-order chi connectivity index (χ0) is 12.3. The predicted octanol–water partition coefficient (Wildman–Crippen LogP) is 2.14. The molecule has 1 aromatic rings. The molecule has 1 aromatic heterocycles. The maximum atomic E-state index is 12.1. The second-order valence-electron chi connectivity index (χ2n) is 3.39. The largest absolute Gasteiger partial charge is 0.450 e. The Morgan fingerprint density at radius 1 is 1.44 bits per heavy atom. The number of hydrogen-bond acceptors (Lipinski definition) is 2. The first kappa shape index (κ1) is 12.7. The van der Waals surface area contributed by atoms with E-state index in [4.69, 9.17) is 0 Å². The van der Waals surface area contributed by atoms with Gasteiger partial charge in [-0.3, -0.25) is 9.48 Å². The third-order valence-corrected chi connectivity index (χ3v) is 2.23. The molecule has 0 atom stereocenters. The van der Waals surface area contributed by atoms with Crippen LogP contribution >= 0.6 is 0 Å². The normalized spacial score (nSPS) is 11.8. The molecule has 6 heteroatoms. The number of carbonyl (C=O) groups excluding carboxylic acids is 1. The van der Waals surface area contributed by atoms with Crippen molar-refractivity contribution in [1.29, 1.82) is 0 Å². The molecule has 90 valence electrons. The number of ketones is 1. The Bertz CT molecular complexity index is 382. The topological polar surface area (TPSA) is 34.9 Å². The van der Waals surface area contributed by atoms with Crippen LogP contribution in [0.5, 0.6) is 0 Å². The molecule has 0 radical (unpaired) electrons. The van der Waals surface area contributed by atoms with Crippen LogP contribution in [0.3, 0.4) is 0 Å². The van der Waals surface area contributed by atoms with E-state index < -0.39 is 18.4 Å². The van der Waals surface area contributed by atoms with Crippen LogP contribution in [-0.2, 0) is 24.2 Å². The van der Waals surface area contributed by atoms with Gasteiger partial charge in [0.1, 0.15) is 0 Å². The summed E-state index contributed by atoms with van der Waals surface area (Å²) >= 11 is 0. The summed E-state index contributed by atoms with van der Waals surface area (Å²) in [5, 5.41) is 4.08. The fourth-order valence-corrected chi connectivity index (χ4v) is 1.37. The fourth-order valence-electron chi connectivity index (χ4n) is 1.37. The van der Waals surface area contributed by atoms with Gasteiger partial charge in [0.25, 0.3) is 0 Å². The van der Waals surface area contributed by atoms with Crippen LogP contribution in [0.1, 0.15) is 25.2 Å². The summed E-state index contributed by atoms with van der Waals surface area (Å²) in [7, 11) is 0. The van der Waals surface area contributed by atoms with Crippen molar-refractivity contribution in [3.05, 3.63) is 17.5 Å². The molecule has 0 aliphatic rings. The quantitative estimate of drug-likeness (QED) is 0.800. The molecule has 1 rings (SSSR count). The van der Waals surface area contributed by atoms with Gasteiger partial charge in [0, 0.05) is 12.2 Å². The summed E-state index contributed by atoms with van der Waals surface area (Å²) in [6.45, 7) is 4.09. The highest BCUT2D eigenvalue weighted by molar-refractivity contribution is 5.85. The summed E-state index contributed by atoms with van der Waals surface area (Å²) < 4.78 is 37.7. The minimum Gasteiger partial charge on any atom is -0.289 e. The van der Waals surface area contributed by atoms with Crippen LogP contribution in [0, 0.1) is 0 Å². The Morgan fingerprint density at radius 2 is 2.06 bits per heavy atom. The second kappa shape index (κ2) is 4.67. The molecule has 0 spiro atoms. The highest BCUT2D eigenvalue weighted by Gasteiger charge is 2.38. The van der Waals surface area contributed by atoms with Crippen molar-refractivity contribution in [1.82, 2.24) is 9.78 Å². The number of aryl methyl sites for hydroxylation is 2. The highest BCUT2D eigenvalue weighted by atomic mass is 19.4. The smallest absolute Gasteiger partial charge is 0.289 e. The summed E-state index contributed by atoms with van der Waals surface area (Å²) in [5.41, 5.74) is 1.02. The predicted molar refractivity (Wildman–Crippen MR) is 52.0 cm³/mol. The van der Waals surface area contributed by atoms with Gasteiger partial charge in [0.05, 0.1) is 12.1 Å². The summed E-state index contributed by atoms with van der Waals surface area (Å²) in [4.78, 5) is 10.8. The Hall–Kier alpha value is -1.33. The van der Waals surface area contributed by atoms with Gasteiger partial charge in [-0.05, 0) is 19.4 Å². The maximum Gasteiger partial charge on any atom is 0.450 e. The van der Waals surface area contributed by atoms with Gasteiger partial charge in [-0.2, -0.15) is 18.3 Å². The third kappa shape index (κ3) is 2.84. The van der Waals surface area contributed by atoms with E-state index in [1.165, 1.54) is 4.68 Å². The lowest BCUT2D eigenvalue weighted by molar-refractivity contribution is -0.170. The van der Waals surface area contributed by atoms with E-state index in [9.17, 15) is 18.0 Å². The fraction of sp³-hybridized carbons (Fsp3) is 0.600. The number of nitrogens with zero attached hydrogens (tertiary/aromatic N) is 2. The van der Waals surface area contributed by atoms with Gasteiger partial charge >= 0.3 is 6.18 Å². The van der Waals surface area contributed by atoms with Crippen LogP contribution in [0.15, 0.2) is 6.07 Å². The molecule has 0 aliphatic heterocycles. The Labute approximate surface area is 91.3 Å². The summed E-state index contributed by atoms with van der Waals surface area (Å²) in [6.07, 6.45) is -4.76. The summed E-state index contributed by atoms with van der Waals surface area (Å²) in [6, 6.07) is 1.55. The van der Waals surface area contributed by atoms with Crippen LogP contribution in [0.2, 0.25) is 0 Å². The van der Waals surface area contributed by atoms with Gasteiger partial charge in [-0.15, -0.1) is 0 Å². The highest BCUT2D eigenvalue weighted by Crippen LogP contribution is 2.19. The van der Waals surface area contributed by atoms with Crippen molar-refractivity contribution in [3.63, 3.8) is 0 Å². The minimum absolute atomic E-state index is 0.321.